The first-order valence-corrected chi connectivity index (χ1v) is 8.46. The molecule has 0 radical (unpaired) electrons. The first-order valence-electron chi connectivity index (χ1n) is 6.77. The number of hydrogen-bond acceptors (Lipinski definition) is 6. The van der Waals surface area contributed by atoms with Gasteiger partial charge in [0.2, 0.25) is 5.13 Å². The lowest BCUT2D eigenvalue weighted by Crippen LogP contribution is -2.19. The van der Waals surface area contributed by atoms with Crippen LogP contribution < -0.4 is 4.90 Å². The van der Waals surface area contributed by atoms with Crippen molar-refractivity contribution in [3.63, 3.8) is 0 Å². The average Bonchev–Trinajstić information content (AvgIpc) is 3.17. The van der Waals surface area contributed by atoms with Crippen LogP contribution in [0.5, 0.6) is 0 Å². The van der Waals surface area contributed by atoms with Crippen molar-refractivity contribution in [1.29, 1.82) is 0 Å². The van der Waals surface area contributed by atoms with Crippen LogP contribution in [0.2, 0.25) is 0 Å². The van der Waals surface area contributed by atoms with E-state index in [9.17, 15) is 0 Å². The lowest BCUT2D eigenvalue weighted by molar-refractivity contribution is 0.850. The Morgan fingerprint density at radius 2 is 1.95 bits per heavy atom. The smallest absolute Gasteiger partial charge is 0.208 e. The summed E-state index contributed by atoms with van der Waals surface area (Å²) in [4.78, 5) is 6.45. The summed E-state index contributed by atoms with van der Waals surface area (Å²) in [5, 5.41) is 13.8. The van der Waals surface area contributed by atoms with Crippen molar-refractivity contribution in [3.8, 4) is 0 Å². The van der Waals surface area contributed by atoms with Gasteiger partial charge in [-0.3, -0.25) is 0 Å². The Balaban J connectivity index is 1.59. The van der Waals surface area contributed by atoms with Gasteiger partial charge in [-0.05, 0) is 5.56 Å². The van der Waals surface area contributed by atoms with E-state index in [0.29, 0.717) is 0 Å². The molecular weight excluding hydrogens is 300 g/mol. The van der Waals surface area contributed by atoms with Gasteiger partial charge in [-0.2, -0.15) is 0 Å². The van der Waals surface area contributed by atoms with E-state index in [1.165, 1.54) is 5.56 Å². The SMILES string of the molecule is CN(CCc1nccs1)c1nnc(Cc2ccccc2)s1. The Hall–Kier alpha value is -1.79. The number of aromatic nitrogens is 3. The topological polar surface area (TPSA) is 41.9 Å². The molecule has 0 N–H and O–H groups in total. The van der Waals surface area contributed by atoms with Crippen molar-refractivity contribution < 1.29 is 0 Å². The molecule has 0 atom stereocenters. The predicted octanol–water partition coefficient (Wildman–Crippen LogP) is 3.26. The van der Waals surface area contributed by atoms with Gasteiger partial charge in [0.1, 0.15) is 5.01 Å². The lowest BCUT2D eigenvalue weighted by Gasteiger charge is -2.13. The van der Waals surface area contributed by atoms with Crippen LogP contribution in [0, 0.1) is 0 Å². The maximum atomic E-state index is 4.30. The highest BCUT2D eigenvalue weighted by molar-refractivity contribution is 7.15. The Kier molecular flexibility index (Phi) is 4.57. The molecule has 3 rings (SSSR count). The fraction of sp³-hybridized carbons (Fsp3) is 0.267. The number of nitrogens with zero attached hydrogens (tertiary/aromatic N) is 4. The van der Waals surface area contributed by atoms with E-state index in [2.05, 4.69) is 51.4 Å². The lowest BCUT2D eigenvalue weighted by atomic mass is 10.2. The van der Waals surface area contributed by atoms with Gasteiger partial charge in [-0.25, -0.2) is 4.98 Å². The van der Waals surface area contributed by atoms with E-state index < -0.39 is 0 Å². The van der Waals surface area contributed by atoms with Crippen LogP contribution in [0.4, 0.5) is 5.13 Å². The quantitative estimate of drug-likeness (QED) is 0.700. The maximum Gasteiger partial charge on any atom is 0.208 e. The van der Waals surface area contributed by atoms with E-state index in [1.807, 2.05) is 17.6 Å². The van der Waals surface area contributed by atoms with E-state index >= 15 is 0 Å². The van der Waals surface area contributed by atoms with Gasteiger partial charge >= 0.3 is 0 Å². The molecule has 0 saturated heterocycles. The molecule has 6 heteroatoms. The number of benzene rings is 1. The second-order valence-corrected chi connectivity index (χ2v) is 6.76. The standard InChI is InChI=1S/C15H16N4S2/c1-19(9-7-13-16-8-10-20-13)15-18-17-14(21-15)11-12-5-3-2-4-6-12/h2-6,8,10H,7,9,11H2,1H3. The van der Waals surface area contributed by atoms with Crippen molar-refractivity contribution in [2.75, 3.05) is 18.5 Å². The molecule has 0 bridgehead atoms. The highest BCUT2D eigenvalue weighted by atomic mass is 32.1. The number of anilines is 1. The van der Waals surface area contributed by atoms with Crippen LogP contribution in [-0.2, 0) is 12.8 Å². The van der Waals surface area contributed by atoms with Crippen LogP contribution >= 0.6 is 22.7 Å². The second-order valence-electron chi connectivity index (χ2n) is 4.74. The highest BCUT2D eigenvalue weighted by Crippen LogP contribution is 2.21. The van der Waals surface area contributed by atoms with E-state index in [4.69, 9.17) is 0 Å². The first-order chi connectivity index (χ1) is 10.3. The second kappa shape index (κ2) is 6.78. The van der Waals surface area contributed by atoms with Crippen molar-refractivity contribution in [2.24, 2.45) is 0 Å². The van der Waals surface area contributed by atoms with Gasteiger partial charge in [0.05, 0.1) is 5.01 Å². The monoisotopic (exact) mass is 316 g/mol. The summed E-state index contributed by atoms with van der Waals surface area (Å²) >= 11 is 3.36. The Labute approximate surface area is 132 Å². The van der Waals surface area contributed by atoms with Gasteiger partial charge in [-0.15, -0.1) is 21.5 Å². The van der Waals surface area contributed by atoms with Crippen molar-refractivity contribution in [1.82, 2.24) is 15.2 Å². The minimum atomic E-state index is 0.846. The van der Waals surface area contributed by atoms with Crippen LogP contribution in [-0.4, -0.2) is 28.8 Å². The van der Waals surface area contributed by atoms with Gasteiger partial charge in [0.25, 0.3) is 0 Å². The zero-order chi connectivity index (χ0) is 14.5. The molecule has 4 nitrogen and oxygen atoms in total. The minimum Gasteiger partial charge on any atom is -0.349 e. The summed E-state index contributed by atoms with van der Waals surface area (Å²) in [5.74, 6) is 0. The molecule has 108 valence electrons. The molecule has 0 saturated carbocycles. The van der Waals surface area contributed by atoms with Crippen LogP contribution in [0.3, 0.4) is 0 Å². The summed E-state index contributed by atoms with van der Waals surface area (Å²) < 4.78 is 0. The third-order valence-electron chi connectivity index (χ3n) is 3.13. The van der Waals surface area contributed by atoms with E-state index in [1.54, 1.807) is 22.7 Å². The fourth-order valence-electron chi connectivity index (χ4n) is 1.98. The summed E-state index contributed by atoms with van der Waals surface area (Å²) in [6.45, 7) is 0.910. The molecule has 21 heavy (non-hydrogen) atoms. The Morgan fingerprint density at radius 1 is 1.10 bits per heavy atom. The molecular formula is C15H16N4S2. The number of rotatable bonds is 6. The van der Waals surface area contributed by atoms with Gasteiger partial charge in [-0.1, -0.05) is 41.7 Å². The maximum absolute atomic E-state index is 4.30. The predicted molar refractivity (Wildman–Crippen MR) is 88.2 cm³/mol. The molecule has 2 heterocycles. The molecule has 0 aliphatic rings. The molecule has 0 spiro atoms. The first kappa shape index (κ1) is 14.2. The third kappa shape index (κ3) is 3.86. The van der Waals surface area contributed by atoms with Crippen LogP contribution in [0.25, 0.3) is 0 Å². The van der Waals surface area contributed by atoms with Crippen LogP contribution in [0.15, 0.2) is 41.9 Å². The van der Waals surface area contributed by atoms with E-state index in [-0.39, 0.29) is 0 Å². The van der Waals surface area contributed by atoms with Gasteiger partial charge in [0.15, 0.2) is 0 Å². The Morgan fingerprint density at radius 3 is 2.71 bits per heavy atom. The highest BCUT2D eigenvalue weighted by Gasteiger charge is 2.10. The number of thiazole rings is 1. The third-order valence-corrected chi connectivity index (χ3v) is 5.00. The van der Waals surface area contributed by atoms with Gasteiger partial charge in [0, 0.05) is 38.0 Å². The summed E-state index contributed by atoms with van der Waals surface area (Å²) in [6.07, 6.45) is 3.64. The normalized spacial score (nSPS) is 10.7. The number of hydrogen-bond donors (Lipinski definition) is 0. The molecule has 0 unspecified atom stereocenters. The van der Waals surface area contributed by atoms with Gasteiger partial charge < -0.3 is 4.90 Å². The van der Waals surface area contributed by atoms with Crippen molar-refractivity contribution >= 4 is 27.8 Å². The van der Waals surface area contributed by atoms with Crippen molar-refractivity contribution in [3.05, 3.63) is 57.5 Å². The summed E-state index contributed by atoms with van der Waals surface area (Å²) in [5.41, 5.74) is 1.27. The van der Waals surface area contributed by atoms with E-state index in [0.717, 1.165) is 34.5 Å². The molecule has 0 aliphatic carbocycles. The molecule has 3 aromatic rings. The molecule has 0 aliphatic heterocycles. The summed E-state index contributed by atoms with van der Waals surface area (Å²) in [6, 6.07) is 10.4. The zero-order valence-corrected chi connectivity index (χ0v) is 13.4. The average molecular weight is 316 g/mol. The molecule has 0 amide bonds. The zero-order valence-electron chi connectivity index (χ0n) is 11.8. The molecule has 2 aromatic heterocycles. The fourth-order valence-corrected chi connectivity index (χ4v) is 3.45. The summed E-state index contributed by atoms with van der Waals surface area (Å²) in [7, 11) is 2.06. The van der Waals surface area contributed by atoms with Crippen LogP contribution in [0.1, 0.15) is 15.6 Å². The van der Waals surface area contributed by atoms with Crippen molar-refractivity contribution in [2.45, 2.75) is 12.8 Å². The molecule has 1 aromatic carbocycles. The minimum absolute atomic E-state index is 0.846. The largest absolute Gasteiger partial charge is 0.349 e. The molecule has 0 fully saturated rings. The number of likely N-dealkylation sites (N-methyl/N-ethyl adjacent to an activating group) is 1. The Bertz CT molecular complexity index is 664.